The molecule has 15 heavy (non-hydrogen) atoms. The third-order valence-electron chi connectivity index (χ3n) is 2.30. The first-order valence-electron chi connectivity index (χ1n) is 5.07. The van der Waals surface area contributed by atoms with E-state index in [2.05, 4.69) is 48.3 Å². The SMILES string of the molecule is CC#CCSc1ccc(C(C)NC)cc1. The molecule has 2 heteroatoms. The summed E-state index contributed by atoms with van der Waals surface area (Å²) < 4.78 is 0. The molecular formula is C13H17NS. The van der Waals surface area contributed by atoms with Gasteiger partial charge in [-0.15, -0.1) is 17.7 Å². The lowest BCUT2D eigenvalue weighted by Crippen LogP contribution is -2.11. The highest BCUT2D eigenvalue weighted by atomic mass is 32.2. The van der Waals surface area contributed by atoms with Gasteiger partial charge in [0.2, 0.25) is 0 Å². The summed E-state index contributed by atoms with van der Waals surface area (Å²) in [6.07, 6.45) is 0. The molecule has 0 bridgehead atoms. The first kappa shape index (κ1) is 12.2. The van der Waals surface area contributed by atoms with E-state index in [0.717, 1.165) is 5.75 Å². The Kier molecular flexibility index (Phi) is 5.31. The van der Waals surface area contributed by atoms with Gasteiger partial charge in [0.05, 0.1) is 5.75 Å². The Morgan fingerprint density at radius 3 is 2.53 bits per heavy atom. The number of hydrogen-bond donors (Lipinski definition) is 1. The highest BCUT2D eigenvalue weighted by Crippen LogP contribution is 2.20. The molecule has 1 nitrogen and oxygen atoms in total. The van der Waals surface area contributed by atoms with Crippen LogP contribution in [0, 0.1) is 11.8 Å². The largest absolute Gasteiger partial charge is 0.313 e. The monoisotopic (exact) mass is 219 g/mol. The summed E-state index contributed by atoms with van der Waals surface area (Å²) >= 11 is 1.78. The van der Waals surface area contributed by atoms with E-state index in [4.69, 9.17) is 0 Å². The number of thioether (sulfide) groups is 1. The Hall–Kier alpha value is -0.910. The average molecular weight is 219 g/mol. The van der Waals surface area contributed by atoms with Crippen LogP contribution in [0.5, 0.6) is 0 Å². The van der Waals surface area contributed by atoms with Gasteiger partial charge in [0.15, 0.2) is 0 Å². The van der Waals surface area contributed by atoms with Gasteiger partial charge < -0.3 is 5.32 Å². The predicted molar refractivity (Wildman–Crippen MR) is 68.1 cm³/mol. The Morgan fingerprint density at radius 1 is 1.33 bits per heavy atom. The third-order valence-corrected chi connectivity index (χ3v) is 3.20. The molecule has 0 aliphatic carbocycles. The first-order chi connectivity index (χ1) is 7.27. The van der Waals surface area contributed by atoms with E-state index in [1.165, 1.54) is 10.5 Å². The minimum Gasteiger partial charge on any atom is -0.313 e. The molecule has 0 aliphatic rings. The second-order valence-electron chi connectivity index (χ2n) is 3.29. The van der Waals surface area contributed by atoms with E-state index >= 15 is 0 Å². The van der Waals surface area contributed by atoms with Crippen LogP contribution in [-0.4, -0.2) is 12.8 Å². The van der Waals surface area contributed by atoms with Gasteiger partial charge in [0, 0.05) is 10.9 Å². The molecule has 0 radical (unpaired) electrons. The maximum Gasteiger partial charge on any atom is 0.0594 e. The summed E-state index contributed by atoms with van der Waals surface area (Å²) in [5.41, 5.74) is 1.32. The standard InChI is InChI=1S/C13H17NS/c1-4-5-10-15-13-8-6-12(7-9-13)11(2)14-3/h6-9,11,14H,10H2,1-3H3. The van der Waals surface area contributed by atoms with Crippen LogP contribution in [0.2, 0.25) is 0 Å². The molecule has 1 aromatic carbocycles. The molecule has 1 unspecified atom stereocenters. The summed E-state index contributed by atoms with van der Waals surface area (Å²) in [5.74, 6) is 6.81. The van der Waals surface area contributed by atoms with Crippen LogP contribution >= 0.6 is 11.8 Å². The van der Waals surface area contributed by atoms with Gasteiger partial charge in [-0.05, 0) is 38.6 Å². The molecule has 1 aromatic rings. The van der Waals surface area contributed by atoms with Crippen molar-refractivity contribution in [3.8, 4) is 11.8 Å². The number of hydrogen-bond acceptors (Lipinski definition) is 2. The van der Waals surface area contributed by atoms with Crippen molar-refractivity contribution in [2.24, 2.45) is 0 Å². The van der Waals surface area contributed by atoms with Crippen molar-refractivity contribution >= 4 is 11.8 Å². The number of benzene rings is 1. The first-order valence-corrected chi connectivity index (χ1v) is 6.06. The van der Waals surface area contributed by atoms with Gasteiger partial charge in [-0.25, -0.2) is 0 Å². The van der Waals surface area contributed by atoms with Gasteiger partial charge in [-0.3, -0.25) is 0 Å². The molecule has 80 valence electrons. The quantitative estimate of drug-likeness (QED) is 0.617. The lowest BCUT2D eigenvalue weighted by atomic mass is 10.1. The molecular weight excluding hydrogens is 202 g/mol. The van der Waals surface area contributed by atoms with Crippen LogP contribution in [0.1, 0.15) is 25.5 Å². The molecule has 1 rings (SSSR count). The second-order valence-corrected chi connectivity index (χ2v) is 4.34. The van der Waals surface area contributed by atoms with Crippen LogP contribution in [-0.2, 0) is 0 Å². The van der Waals surface area contributed by atoms with Crippen LogP contribution in [0.15, 0.2) is 29.2 Å². The number of rotatable bonds is 4. The van der Waals surface area contributed by atoms with Crippen LogP contribution in [0.3, 0.4) is 0 Å². The van der Waals surface area contributed by atoms with Crippen molar-refractivity contribution < 1.29 is 0 Å². The zero-order valence-electron chi connectivity index (χ0n) is 9.50. The zero-order valence-corrected chi connectivity index (χ0v) is 10.3. The van der Waals surface area contributed by atoms with Crippen molar-refractivity contribution in [3.63, 3.8) is 0 Å². The van der Waals surface area contributed by atoms with E-state index < -0.39 is 0 Å². The fourth-order valence-corrected chi connectivity index (χ4v) is 1.92. The molecule has 0 saturated heterocycles. The van der Waals surface area contributed by atoms with Gasteiger partial charge >= 0.3 is 0 Å². The molecule has 0 heterocycles. The summed E-state index contributed by atoms with van der Waals surface area (Å²) in [5, 5.41) is 3.22. The fourth-order valence-electron chi connectivity index (χ4n) is 1.21. The van der Waals surface area contributed by atoms with Crippen LogP contribution < -0.4 is 5.32 Å². The van der Waals surface area contributed by atoms with Gasteiger partial charge in [0.1, 0.15) is 0 Å². The highest BCUT2D eigenvalue weighted by molar-refractivity contribution is 7.99. The Bertz CT molecular complexity index is 345. The molecule has 0 amide bonds. The molecule has 0 fully saturated rings. The predicted octanol–water partition coefficient (Wildman–Crippen LogP) is 3.08. The maximum atomic E-state index is 3.22. The van der Waals surface area contributed by atoms with E-state index in [1.807, 2.05) is 14.0 Å². The molecule has 0 aromatic heterocycles. The summed E-state index contributed by atoms with van der Waals surface area (Å²) in [6, 6.07) is 9.07. The minimum atomic E-state index is 0.416. The lowest BCUT2D eigenvalue weighted by Gasteiger charge is -2.10. The van der Waals surface area contributed by atoms with Gasteiger partial charge in [0.25, 0.3) is 0 Å². The minimum absolute atomic E-state index is 0.416. The summed E-state index contributed by atoms with van der Waals surface area (Å²) in [7, 11) is 1.98. The smallest absolute Gasteiger partial charge is 0.0594 e. The van der Waals surface area contributed by atoms with Crippen molar-refractivity contribution in [1.82, 2.24) is 5.32 Å². The lowest BCUT2D eigenvalue weighted by molar-refractivity contribution is 0.652. The second kappa shape index (κ2) is 6.55. The highest BCUT2D eigenvalue weighted by Gasteiger charge is 2.01. The molecule has 0 spiro atoms. The Balaban J connectivity index is 2.58. The molecule has 0 aliphatic heterocycles. The summed E-state index contributed by atoms with van der Waals surface area (Å²) in [4.78, 5) is 1.28. The van der Waals surface area contributed by atoms with E-state index in [9.17, 15) is 0 Å². The Morgan fingerprint density at radius 2 is 2.00 bits per heavy atom. The van der Waals surface area contributed by atoms with Gasteiger partial charge in [-0.1, -0.05) is 18.1 Å². The van der Waals surface area contributed by atoms with Crippen molar-refractivity contribution in [2.45, 2.75) is 24.8 Å². The van der Waals surface area contributed by atoms with Crippen LogP contribution in [0.25, 0.3) is 0 Å². The number of nitrogens with one attached hydrogen (secondary N) is 1. The molecule has 1 N–H and O–H groups in total. The zero-order chi connectivity index (χ0) is 11.1. The topological polar surface area (TPSA) is 12.0 Å². The Labute approximate surface area is 96.7 Å². The normalized spacial score (nSPS) is 11.7. The van der Waals surface area contributed by atoms with Crippen LogP contribution in [0.4, 0.5) is 0 Å². The summed E-state index contributed by atoms with van der Waals surface area (Å²) in [6.45, 7) is 4.03. The van der Waals surface area contributed by atoms with E-state index in [1.54, 1.807) is 11.8 Å². The van der Waals surface area contributed by atoms with Crippen molar-refractivity contribution in [3.05, 3.63) is 29.8 Å². The van der Waals surface area contributed by atoms with Crippen molar-refractivity contribution in [1.29, 1.82) is 0 Å². The van der Waals surface area contributed by atoms with Gasteiger partial charge in [-0.2, -0.15) is 0 Å². The molecule has 1 atom stereocenters. The molecule has 0 saturated carbocycles. The van der Waals surface area contributed by atoms with E-state index in [-0.39, 0.29) is 0 Å². The van der Waals surface area contributed by atoms with E-state index in [0.29, 0.717) is 6.04 Å². The third kappa shape index (κ3) is 3.99. The fraction of sp³-hybridized carbons (Fsp3) is 0.385. The average Bonchev–Trinajstić information content (AvgIpc) is 2.29. The maximum absolute atomic E-state index is 3.22. The van der Waals surface area contributed by atoms with Crippen molar-refractivity contribution in [2.75, 3.05) is 12.8 Å².